The molecule has 1 aromatic carbocycles. The van der Waals surface area contributed by atoms with Gasteiger partial charge in [0.05, 0.1) is 28.2 Å². The van der Waals surface area contributed by atoms with Crippen molar-refractivity contribution in [3.05, 3.63) is 51.8 Å². The van der Waals surface area contributed by atoms with Crippen LogP contribution in [0.4, 0.5) is 5.69 Å². The summed E-state index contributed by atoms with van der Waals surface area (Å²) in [5.41, 5.74) is 4.13. The summed E-state index contributed by atoms with van der Waals surface area (Å²) in [4.78, 5) is 10.4. The molecule has 0 fully saturated rings. The summed E-state index contributed by atoms with van der Waals surface area (Å²) >= 11 is 0. The second-order valence-corrected chi connectivity index (χ2v) is 5.01. The Bertz CT molecular complexity index is 864. The van der Waals surface area contributed by atoms with Crippen molar-refractivity contribution in [2.45, 2.75) is 13.8 Å². The second kappa shape index (κ2) is 5.06. The molecule has 0 amide bonds. The topological polar surface area (TPSA) is 91.7 Å². The molecule has 3 rings (SSSR count). The number of hydrogen-bond acceptors (Lipinski definition) is 5. The van der Waals surface area contributed by atoms with Crippen LogP contribution in [-0.4, -0.2) is 29.7 Å². The van der Waals surface area contributed by atoms with Gasteiger partial charge in [-0.3, -0.25) is 14.8 Å². The molecule has 0 saturated heterocycles. The van der Waals surface area contributed by atoms with Crippen LogP contribution in [0.2, 0.25) is 0 Å². The molecule has 112 valence electrons. The van der Waals surface area contributed by atoms with Crippen molar-refractivity contribution < 1.29 is 4.92 Å². The monoisotopic (exact) mass is 298 g/mol. The highest BCUT2D eigenvalue weighted by molar-refractivity contribution is 5.59. The highest BCUT2D eigenvalue weighted by Crippen LogP contribution is 2.24. The molecule has 3 aromatic rings. The van der Waals surface area contributed by atoms with Crippen molar-refractivity contribution in [3.63, 3.8) is 0 Å². The number of nitro groups is 1. The van der Waals surface area contributed by atoms with Crippen LogP contribution in [-0.2, 0) is 7.05 Å². The maximum atomic E-state index is 10.9. The predicted octanol–water partition coefficient (Wildman–Crippen LogP) is 2.19. The Morgan fingerprint density at radius 1 is 1.27 bits per heavy atom. The molecule has 0 aliphatic heterocycles. The van der Waals surface area contributed by atoms with Gasteiger partial charge in [0.2, 0.25) is 0 Å². The van der Waals surface area contributed by atoms with Crippen molar-refractivity contribution in [2.75, 3.05) is 0 Å². The van der Waals surface area contributed by atoms with Crippen LogP contribution in [0, 0.1) is 24.0 Å². The molecule has 22 heavy (non-hydrogen) atoms. The number of non-ortho nitro benzene ring substituents is 1. The first kappa shape index (κ1) is 13.9. The summed E-state index contributed by atoms with van der Waals surface area (Å²) in [5, 5.41) is 23.4. The molecular weight excluding hydrogens is 284 g/mol. The maximum Gasteiger partial charge on any atom is 0.271 e. The fraction of sp³-hybridized carbons (Fsp3) is 0.214. The van der Waals surface area contributed by atoms with Crippen LogP contribution in [0.15, 0.2) is 30.5 Å². The van der Waals surface area contributed by atoms with E-state index in [0.717, 1.165) is 17.0 Å². The first-order valence-electron chi connectivity index (χ1n) is 6.65. The highest BCUT2D eigenvalue weighted by Gasteiger charge is 2.15. The van der Waals surface area contributed by atoms with E-state index in [4.69, 9.17) is 0 Å². The minimum atomic E-state index is -0.435. The van der Waals surface area contributed by atoms with Crippen LogP contribution >= 0.6 is 0 Å². The lowest BCUT2D eigenvalue weighted by atomic mass is 10.2. The number of aromatic nitrogens is 5. The molecule has 0 radical (unpaired) electrons. The van der Waals surface area contributed by atoms with E-state index in [-0.39, 0.29) is 5.69 Å². The average Bonchev–Trinajstić information content (AvgIpc) is 3.05. The molecule has 8 nitrogen and oxygen atoms in total. The lowest BCUT2D eigenvalue weighted by molar-refractivity contribution is -0.384. The third kappa shape index (κ3) is 2.24. The van der Waals surface area contributed by atoms with Gasteiger partial charge in [-0.1, -0.05) is 11.3 Å². The second-order valence-electron chi connectivity index (χ2n) is 5.01. The smallest absolute Gasteiger partial charge is 0.266 e. The van der Waals surface area contributed by atoms with E-state index in [1.54, 1.807) is 23.0 Å². The molecule has 0 aliphatic carbocycles. The fourth-order valence-electron chi connectivity index (χ4n) is 2.37. The van der Waals surface area contributed by atoms with Crippen LogP contribution < -0.4 is 0 Å². The van der Waals surface area contributed by atoms with Gasteiger partial charge < -0.3 is 0 Å². The van der Waals surface area contributed by atoms with E-state index in [2.05, 4.69) is 15.4 Å². The first-order valence-corrected chi connectivity index (χ1v) is 6.65. The van der Waals surface area contributed by atoms with Gasteiger partial charge in [0.15, 0.2) is 0 Å². The normalized spacial score (nSPS) is 10.9. The van der Waals surface area contributed by atoms with Gasteiger partial charge in [0, 0.05) is 19.2 Å². The number of rotatable bonds is 3. The van der Waals surface area contributed by atoms with Gasteiger partial charge in [-0.2, -0.15) is 5.10 Å². The summed E-state index contributed by atoms with van der Waals surface area (Å²) in [6.07, 6.45) is 1.74. The van der Waals surface area contributed by atoms with E-state index in [9.17, 15) is 10.1 Å². The Balaban J connectivity index is 2.04. The van der Waals surface area contributed by atoms with Gasteiger partial charge in [0.1, 0.15) is 5.69 Å². The molecule has 8 heteroatoms. The molecule has 0 aliphatic rings. The number of hydrogen-bond donors (Lipinski definition) is 0. The summed E-state index contributed by atoms with van der Waals surface area (Å²) < 4.78 is 3.27. The minimum Gasteiger partial charge on any atom is -0.266 e. The molecule has 0 unspecified atom stereocenters. The van der Waals surface area contributed by atoms with Crippen LogP contribution in [0.25, 0.3) is 17.1 Å². The number of nitro benzene ring substituents is 1. The summed E-state index contributed by atoms with van der Waals surface area (Å²) in [5.74, 6) is 0. The first-order chi connectivity index (χ1) is 10.5. The molecule has 2 heterocycles. The van der Waals surface area contributed by atoms with Gasteiger partial charge in [0.25, 0.3) is 5.69 Å². The lowest BCUT2D eigenvalue weighted by Gasteiger charge is -2.00. The SMILES string of the molecule is Cc1nn(C)c(-c2cn(-c3cccc([N+](=O)[O-])c3)nn2)c1C. The van der Waals surface area contributed by atoms with Gasteiger partial charge in [-0.05, 0) is 25.5 Å². The average molecular weight is 298 g/mol. The van der Waals surface area contributed by atoms with Crippen molar-refractivity contribution >= 4 is 5.69 Å². The molecule has 0 bridgehead atoms. The Labute approximate surface area is 126 Å². The maximum absolute atomic E-state index is 10.9. The lowest BCUT2D eigenvalue weighted by Crippen LogP contribution is -1.96. The Morgan fingerprint density at radius 2 is 2.05 bits per heavy atom. The molecule has 0 spiro atoms. The van der Waals surface area contributed by atoms with E-state index >= 15 is 0 Å². The van der Waals surface area contributed by atoms with Crippen LogP contribution in [0.5, 0.6) is 0 Å². The van der Waals surface area contributed by atoms with Gasteiger partial charge >= 0.3 is 0 Å². The van der Waals surface area contributed by atoms with Crippen molar-refractivity contribution in [2.24, 2.45) is 7.05 Å². The van der Waals surface area contributed by atoms with Crippen molar-refractivity contribution in [1.29, 1.82) is 0 Å². The Kier molecular flexibility index (Phi) is 3.21. The molecule has 0 N–H and O–H groups in total. The number of aryl methyl sites for hydroxylation is 2. The number of nitrogens with zero attached hydrogens (tertiary/aromatic N) is 6. The van der Waals surface area contributed by atoms with Gasteiger partial charge in [-0.15, -0.1) is 5.10 Å². The zero-order chi connectivity index (χ0) is 15.9. The molecule has 2 aromatic heterocycles. The molecule has 0 atom stereocenters. The van der Waals surface area contributed by atoms with E-state index in [0.29, 0.717) is 11.4 Å². The minimum absolute atomic E-state index is 0.0158. The fourth-order valence-corrected chi connectivity index (χ4v) is 2.37. The summed E-state index contributed by atoms with van der Waals surface area (Å²) in [6.45, 7) is 3.91. The van der Waals surface area contributed by atoms with Gasteiger partial charge in [-0.25, -0.2) is 4.68 Å². The van der Waals surface area contributed by atoms with E-state index in [1.165, 1.54) is 16.8 Å². The number of benzene rings is 1. The largest absolute Gasteiger partial charge is 0.271 e. The molecule has 0 saturated carbocycles. The highest BCUT2D eigenvalue weighted by atomic mass is 16.6. The standard InChI is InChI=1S/C14H14N6O2/c1-9-10(2)16-18(3)14(9)13-8-19(17-15-13)11-5-4-6-12(7-11)20(21)22/h4-8H,1-3H3. The third-order valence-corrected chi connectivity index (χ3v) is 3.56. The molecular formula is C14H14N6O2. The van der Waals surface area contributed by atoms with Crippen molar-refractivity contribution in [3.8, 4) is 17.1 Å². The summed E-state index contributed by atoms with van der Waals surface area (Å²) in [7, 11) is 1.85. The van der Waals surface area contributed by atoms with E-state index < -0.39 is 4.92 Å². The van der Waals surface area contributed by atoms with E-state index in [1.807, 2.05) is 20.9 Å². The van der Waals surface area contributed by atoms with Crippen molar-refractivity contribution in [1.82, 2.24) is 24.8 Å². The summed E-state index contributed by atoms with van der Waals surface area (Å²) in [6, 6.07) is 6.26. The predicted molar refractivity (Wildman–Crippen MR) is 79.7 cm³/mol. The zero-order valence-corrected chi connectivity index (χ0v) is 12.4. The van der Waals surface area contributed by atoms with Crippen LogP contribution in [0.1, 0.15) is 11.3 Å². The van der Waals surface area contributed by atoms with Crippen LogP contribution in [0.3, 0.4) is 0 Å². The Hall–Kier alpha value is -3.03. The zero-order valence-electron chi connectivity index (χ0n) is 12.4. The quantitative estimate of drug-likeness (QED) is 0.546. The third-order valence-electron chi connectivity index (χ3n) is 3.56. The Morgan fingerprint density at radius 3 is 2.68 bits per heavy atom.